The first-order chi connectivity index (χ1) is 10.7. The van der Waals surface area contributed by atoms with Gasteiger partial charge < -0.3 is 4.90 Å². The van der Waals surface area contributed by atoms with Gasteiger partial charge in [0.1, 0.15) is 4.88 Å². The summed E-state index contributed by atoms with van der Waals surface area (Å²) in [4.78, 5) is 15.4. The molecule has 0 saturated carbocycles. The van der Waals surface area contributed by atoms with E-state index in [0.717, 1.165) is 44.5 Å². The van der Waals surface area contributed by atoms with Crippen LogP contribution < -0.4 is 0 Å². The third-order valence-corrected chi connectivity index (χ3v) is 5.07. The van der Waals surface area contributed by atoms with E-state index in [4.69, 9.17) is 0 Å². The van der Waals surface area contributed by atoms with Crippen molar-refractivity contribution in [2.75, 3.05) is 13.1 Å². The van der Waals surface area contributed by atoms with E-state index in [1.807, 2.05) is 18.0 Å². The summed E-state index contributed by atoms with van der Waals surface area (Å²) in [5.74, 6) is 0.584. The van der Waals surface area contributed by atoms with Gasteiger partial charge >= 0.3 is 0 Å². The highest BCUT2D eigenvalue weighted by molar-refractivity contribution is 7.08. The first-order valence-corrected chi connectivity index (χ1v) is 8.55. The van der Waals surface area contributed by atoms with Gasteiger partial charge in [-0.2, -0.15) is 5.10 Å². The van der Waals surface area contributed by atoms with Crippen LogP contribution in [-0.2, 0) is 12.8 Å². The Kier molecular flexibility index (Phi) is 4.52. The third kappa shape index (κ3) is 3.04. The summed E-state index contributed by atoms with van der Waals surface area (Å²) < 4.78 is 3.93. The van der Waals surface area contributed by atoms with E-state index >= 15 is 0 Å². The molecule has 7 heteroatoms. The van der Waals surface area contributed by atoms with Gasteiger partial charge in [0.25, 0.3) is 5.91 Å². The first-order valence-electron chi connectivity index (χ1n) is 7.78. The smallest absolute Gasteiger partial charge is 0.267 e. The molecule has 2 aromatic rings. The SMILES string of the molecule is CCc1nnsc1C(=O)N1CCC[C@H](Cc2[nH]ncc2C)C1. The van der Waals surface area contributed by atoms with Gasteiger partial charge in [0, 0.05) is 18.8 Å². The molecule has 1 N–H and O–H groups in total. The van der Waals surface area contributed by atoms with Crippen LogP contribution in [0.25, 0.3) is 0 Å². The van der Waals surface area contributed by atoms with Crippen LogP contribution in [0.15, 0.2) is 6.20 Å². The topological polar surface area (TPSA) is 74.8 Å². The van der Waals surface area contributed by atoms with E-state index in [1.165, 1.54) is 22.8 Å². The Balaban J connectivity index is 1.68. The molecular formula is C15H21N5OS. The molecule has 1 aliphatic heterocycles. The number of nitrogens with zero attached hydrogens (tertiary/aromatic N) is 4. The molecule has 1 aliphatic rings. The van der Waals surface area contributed by atoms with Gasteiger partial charge in [-0.05, 0) is 55.6 Å². The Bertz CT molecular complexity index is 650. The van der Waals surface area contributed by atoms with Gasteiger partial charge in [-0.3, -0.25) is 9.89 Å². The number of aromatic nitrogens is 4. The largest absolute Gasteiger partial charge is 0.338 e. The molecule has 3 heterocycles. The van der Waals surface area contributed by atoms with Gasteiger partial charge in [-0.15, -0.1) is 5.10 Å². The molecule has 0 unspecified atom stereocenters. The van der Waals surface area contributed by atoms with Crippen molar-refractivity contribution in [2.24, 2.45) is 5.92 Å². The zero-order chi connectivity index (χ0) is 15.5. The molecule has 0 aromatic carbocycles. The van der Waals surface area contributed by atoms with Crippen molar-refractivity contribution in [3.05, 3.63) is 28.0 Å². The van der Waals surface area contributed by atoms with Gasteiger partial charge in [0.05, 0.1) is 11.9 Å². The summed E-state index contributed by atoms with van der Waals surface area (Å²) in [7, 11) is 0. The third-order valence-electron chi connectivity index (χ3n) is 4.32. The molecule has 0 spiro atoms. The van der Waals surface area contributed by atoms with Gasteiger partial charge in [-0.25, -0.2) is 0 Å². The van der Waals surface area contributed by atoms with Crippen molar-refractivity contribution in [2.45, 2.75) is 39.5 Å². The number of aryl methyl sites for hydroxylation is 2. The van der Waals surface area contributed by atoms with Crippen LogP contribution in [0.5, 0.6) is 0 Å². The number of nitrogens with one attached hydrogen (secondary N) is 1. The average Bonchev–Trinajstić information content (AvgIpc) is 3.16. The van der Waals surface area contributed by atoms with E-state index in [0.29, 0.717) is 10.8 Å². The number of likely N-dealkylation sites (tertiary alicyclic amines) is 1. The molecule has 1 saturated heterocycles. The number of aromatic amines is 1. The molecule has 0 radical (unpaired) electrons. The van der Waals surface area contributed by atoms with Crippen molar-refractivity contribution in [1.29, 1.82) is 0 Å². The lowest BCUT2D eigenvalue weighted by Gasteiger charge is -2.32. The number of carbonyl (C=O) groups is 1. The fourth-order valence-electron chi connectivity index (χ4n) is 3.03. The fourth-order valence-corrected chi connectivity index (χ4v) is 3.75. The first kappa shape index (κ1) is 15.1. The molecule has 118 valence electrons. The highest BCUT2D eigenvalue weighted by atomic mass is 32.1. The van der Waals surface area contributed by atoms with Crippen molar-refractivity contribution in [1.82, 2.24) is 24.7 Å². The number of rotatable bonds is 4. The van der Waals surface area contributed by atoms with Crippen LogP contribution in [0.1, 0.15) is 46.4 Å². The van der Waals surface area contributed by atoms with Crippen LogP contribution >= 0.6 is 11.5 Å². The second-order valence-electron chi connectivity index (χ2n) is 5.90. The van der Waals surface area contributed by atoms with Crippen molar-refractivity contribution in [3.8, 4) is 0 Å². The quantitative estimate of drug-likeness (QED) is 0.937. The molecule has 3 rings (SSSR count). The van der Waals surface area contributed by atoms with E-state index in [1.54, 1.807) is 0 Å². The lowest BCUT2D eigenvalue weighted by molar-refractivity contribution is 0.0676. The maximum Gasteiger partial charge on any atom is 0.267 e. The lowest BCUT2D eigenvalue weighted by Crippen LogP contribution is -2.40. The zero-order valence-corrected chi connectivity index (χ0v) is 13.8. The molecule has 22 heavy (non-hydrogen) atoms. The van der Waals surface area contributed by atoms with Crippen LogP contribution in [0, 0.1) is 12.8 Å². The lowest BCUT2D eigenvalue weighted by atomic mass is 9.92. The zero-order valence-electron chi connectivity index (χ0n) is 13.0. The Labute approximate surface area is 134 Å². The maximum atomic E-state index is 12.7. The summed E-state index contributed by atoms with van der Waals surface area (Å²) in [6.07, 6.45) is 5.78. The second kappa shape index (κ2) is 6.56. The number of amides is 1. The molecular weight excluding hydrogens is 298 g/mol. The molecule has 1 fully saturated rings. The minimum Gasteiger partial charge on any atom is -0.338 e. The predicted molar refractivity (Wildman–Crippen MR) is 84.9 cm³/mol. The predicted octanol–water partition coefficient (Wildman–Crippen LogP) is 2.23. The number of hydrogen-bond acceptors (Lipinski definition) is 5. The fraction of sp³-hybridized carbons (Fsp3) is 0.600. The number of hydrogen-bond donors (Lipinski definition) is 1. The van der Waals surface area contributed by atoms with Crippen LogP contribution in [0.3, 0.4) is 0 Å². The van der Waals surface area contributed by atoms with E-state index < -0.39 is 0 Å². The number of H-pyrrole nitrogens is 1. The number of carbonyl (C=O) groups excluding carboxylic acids is 1. The van der Waals surface area contributed by atoms with E-state index in [-0.39, 0.29) is 5.91 Å². The summed E-state index contributed by atoms with van der Waals surface area (Å²) in [5, 5.41) is 11.2. The summed E-state index contributed by atoms with van der Waals surface area (Å²) in [5.41, 5.74) is 3.21. The number of piperidine rings is 1. The average molecular weight is 319 g/mol. The minimum atomic E-state index is 0.0953. The van der Waals surface area contributed by atoms with Crippen LogP contribution in [-0.4, -0.2) is 43.7 Å². The molecule has 0 bridgehead atoms. The Hall–Kier alpha value is -1.76. The highest BCUT2D eigenvalue weighted by Gasteiger charge is 2.27. The summed E-state index contributed by atoms with van der Waals surface area (Å²) in [6.45, 7) is 5.71. The molecule has 1 atom stereocenters. The van der Waals surface area contributed by atoms with Crippen molar-refractivity contribution in [3.63, 3.8) is 0 Å². The van der Waals surface area contributed by atoms with Crippen molar-refractivity contribution < 1.29 is 4.79 Å². The normalized spacial score (nSPS) is 18.6. The molecule has 1 amide bonds. The monoisotopic (exact) mass is 319 g/mol. The molecule has 6 nitrogen and oxygen atoms in total. The molecule has 0 aliphatic carbocycles. The molecule has 2 aromatic heterocycles. The summed E-state index contributed by atoms with van der Waals surface area (Å²) in [6, 6.07) is 0. The van der Waals surface area contributed by atoms with Gasteiger partial charge in [0.15, 0.2) is 0 Å². The second-order valence-corrected chi connectivity index (χ2v) is 6.65. The van der Waals surface area contributed by atoms with E-state index in [2.05, 4.69) is 26.7 Å². The van der Waals surface area contributed by atoms with Crippen LogP contribution in [0.2, 0.25) is 0 Å². The standard InChI is InChI=1S/C15H21N5OS/c1-3-12-14(22-19-18-12)15(21)20-6-4-5-11(9-20)7-13-10(2)8-16-17-13/h8,11H,3-7,9H2,1-2H3,(H,16,17)/t11-/m1/s1. The van der Waals surface area contributed by atoms with Gasteiger partial charge in [-0.1, -0.05) is 11.4 Å². The van der Waals surface area contributed by atoms with Crippen molar-refractivity contribution >= 4 is 17.4 Å². The minimum absolute atomic E-state index is 0.0953. The Morgan fingerprint density at radius 1 is 1.55 bits per heavy atom. The van der Waals surface area contributed by atoms with E-state index in [9.17, 15) is 4.79 Å². The maximum absolute atomic E-state index is 12.7. The summed E-state index contributed by atoms with van der Waals surface area (Å²) >= 11 is 1.22. The highest BCUT2D eigenvalue weighted by Crippen LogP contribution is 2.24. The Morgan fingerprint density at radius 3 is 3.14 bits per heavy atom. The van der Waals surface area contributed by atoms with Crippen LogP contribution in [0.4, 0.5) is 0 Å². The van der Waals surface area contributed by atoms with Gasteiger partial charge in [0.2, 0.25) is 0 Å². The Morgan fingerprint density at radius 2 is 2.41 bits per heavy atom.